The van der Waals surface area contributed by atoms with Crippen LogP contribution in [0, 0.1) is 5.92 Å². The topological polar surface area (TPSA) is 60.8 Å². The molecular weight excluding hydrogens is 170 g/mol. The summed E-state index contributed by atoms with van der Waals surface area (Å²) in [4.78, 5) is 12.8. The molecule has 1 aliphatic rings. The lowest BCUT2D eigenvalue weighted by Gasteiger charge is -2.32. The highest BCUT2D eigenvalue weighted by atomic mass is 16.4. The van der Waals surface area contributed by atoms with E-state index >= 15 is 0 Å². The minimum absolute atomic E-state index is 0.0553. The third kappa shape index (κ3) is 2.67. The van der Waals surface area contributed by atoms with Gasteiger partial charge >= 0.3 is 5.97 Å². The molecule has 4 nitrogen and oxygen atoms in total. The minimum Gasteiger partial charge on any atom is -0.479 e. The number of carboxylic acid groups (broad SMARTS) is 1. The molecule has 1 aliphatic heterocycles. The molecule has 0 aromatic rings. The Kier molecular flexibility index (Phi) is 3.69. The number of aliphatic hydroxyl groups excluding tert-OH is 1. The normalized spacial score (nSPS) is 22.9. The minimum atomic E-state index is -1.17. The second-order valence-electron chi connectivity index (χ2n) is 3.55. The van der Waals surface area contributed by atoms with E-state index in [1.54, 1.807) is 0 Å². The third-order valence-corrected chi connectivity index (χ3v) is 2.78. The van der Waals surface area contributed by atoms with Crippen LogP contribution in [0.5, 0.6) is 0 Å². The zero-order chi connectivity index (χ0) is 9.84. The molecule has 1 rings (SSSR count). The van der Waals surface area contributed by atoms with E-state index in [2.05, 4.69) is 11.8 Å². The van der Waals surface area contributed by atoms with Crippen molar-refractivity contribution in [3.63, 3.8) is 0 Å². The maximum absolute atomic E-state index is 10.5. The lowest BCUT2D eigenvalue weighted by molar-refractivity contribution is -0.150. The predicted molar refractivity (Wildman–Crippen MR) is 48.5 cm³/mol. The van der Waals surface area contributed by atoms with Gasteiger partial charge in [0.25, 0.3) is 0 Å². The van der Waals surface area contributed by atoms with Gasteiger partial charge in [-0.2, -0.15) is 0 Å². The van der Waals surface area contributed by atoms with E-state index in [9.17, 15) is 9.90 Å². The molecule has 0 aromatic heterocycles. The van der Waals surface area contributed by atoms with Crippen LogP contribution < -0.4 is 0 Å². The molecule has 2 N–H and O–H groups in total. The maximum atomic E-state index is 10.5. The number of carboxylic acids is 1. The first-order valence-electron chi connectivity index (χ1n) is 4.78. The average Bonchev–Trinajstić information content (AvgIpc) is 2.17. The van der Waals surface area contributed by atoms with Crippen molar-refractivity contribution >= 4 is 5.97 Å². The van der Waals surface area contributed by atoms with Gasteiger partial charge in [0.1, 0.15) is 0 Å². The summed E-state index contributed by atoms with van der Waals surface area (Å²) in [5.74, 6) is -1.14. The lowest BCUT2D eigenvalue weighted by Crippen LogP contribution is -2.40. The van der Waals surface area contributed by atoms with E-state index in [0.29, 0.717) is 0 Å². The van der Waals surface area contributed by atoms with Crippen LogP contribution in [-0.2, 0) is 4.79 Å². The highest BCUT2D eigenvalue weighted by Gasteiger charge is 2.28. The molecule has 0 spiro atoms. The summed E-state index contributed by atoms with van der Waals surface area (Å²) >= 11 is 0. The quantitative estimate of drug-likeness (QED) is 0.661. The van der Waals surface area contributed by atoms with Crippen LogP contribution in [-0.4, -0.2) is 46.8 Å². The Hall–Kier alpha value is -0.610. The molecule has 0 saturated carbocycles. The summed E-state index contributed by atoms with van der Waals surface area (Å²) in [7, 11) is 0. The number of hydrogen-bond donors (Lipinski definition) is 2. The van der Waals surface area contributed by atoms with E-state index in [0.717, 1.165) is 32.5 Å². The van der Waals surface area contributed by atoms with Crippen molar-refractivity contribution in [2.24, 2.45) is 5.92 Å². The van der Waals surface area contributed by atoms with Crippen LogP contribution in [0.4, 0.5) is 0 Å². The van der Waals surface area contributed by atoms with Crippen molar-refractivity contribution in [3.05, 3.63) is 0 Å². The summed E-state index contributed by atoms with van der Waals surface area (Å²) in [6.45, 7) is 4.92. The van der Waals surface area contributed by atoms with Crippen LogP contribution in [0.25, 0.3) is 0 Å². The Labute approximate surface area is 78.2 Å². The van der Waals surface area contributed by atoms with E-state index in [4.69, 9.17) is 5.11 Å². The third-order valence-electron chi connectivity index (χ3n) is 2.78. The van der Waals surface area contributed by atoms with Gasteiger partial charge in [-0.15, -0.1) is 0 Å². The summed E-state index contributed by atoms with van der Waals surface area (Å²) in [5.41, 5.74) is 0. The first kappa shape index (κ1) is 10.5. The average molecular weight is 187 g/mol. The molecule has 1 fully saturated rings. The summed E-state index contributed by atoms with van der Waals surface area (Å²) in [6, 6.07) is 0. The number of aliphatic carboxylic acids is 1. The van der Waals surface area contributed by atoms with Crippen LogP contribution >= 0.6 is 0 Å². The molecule has 0 radical (unpaired) electrons. The SMILES string of the molecule is CCN1CCC(C(O)C(=O)O)CC1. The standard InChI is InChI=1S/C9H17NO3/c1-2-10-5-3-7(4-6-10)8(11)9(12)13/h7-8,11H,2-6H2,1H3,(H,12,13). The van der Waals surface area contributed by atoms with Crippen LogP contribution in [0.1, 0.15) is 19.8 Å². The Bertz CT molecular complexity index is 176. The van der Waals surface area contributed by atoms with Crippen molar-refractivity contribution in [2.45, 2.75) is 25.9 Å². The zero-order valence-electron chi connectivity index (χ0n) is 7.94. The highest BCUT2D eigenvalue weighted by Crippen LogP contribution is 2.20. The van der Waals surface area contributed by atoms with Gasteiger partial charge in [-0.25, -0.2) is 4.79 Å². The van der Waals surface area contributed by atoms with Gasteiger partial charge in [-0.3, -0.25) is 0 Å². The summed E-state index contributed by atoms with van der Waals surface area (Å²) < 4.78 is 0. The number of piperidine rings is 1. The number of likely N-dealkylation sites (tertiary alicyclic amines) is 1. The van der Waals surface area contributed by atoms with Crippen molar-refractivity contribution in [2.75, 3.05) is 19.6 Å². The Morgan fingerprint density at radius 3 is 2.46 bits per heavy atom. The summed E-state index contributed by atoms with van der Waals surface area (Å²) in [5, 5.41) is 17.9. The van der Waals surface area contributed by atoms with Gasteiger partial charge in [0.2, 0.25) is 0 Å². The van der Waals surface area contributed by atoms with Crippen LogP contribution in [0.3, 0.4) is 0 Å². The largest absolute Gasteiger partial charge is 0.479 e. The molecule has 1 saturated heterocycles. The van der Waals surface area contributed by atoms with Gasteiger partial charge in [-0.1, -0.05) is 6.92 Å². The molecule has 1 unspecified atom stereocenters. The van der Waals surface area contributed by atoms with Crippen molar-refractivity contribution < 1.29 is 15.0 Å². The predicted octanol–water partition coefficient (Wildman–Crippen LogP) is 0.164. The number of nitrogens with zero attached hydrogens (tertiary/aromatic N) is 1. The molecule has 76 valence electrons. The first-order chi connectivity index (χ1) is 6.15. The molecule has 13 heavy (non-hydrogen) atoms. The number of rotatable bonds is 3. The summed E-state index contributed by atoms with van der Waals surface area (Å²) in [6.07, 6.45) is 0.418. The van der Waals surface area contributed by atoms with E-state index in [-0.39, 0.29) is 5.92 Å². The molecule has 4 heteroatoms. The fourth-order valence-corrected chi connectivity index (χ4v) is 1.79. The second-order valence-corrected chi connectivity index (χ2v) is 3.55. The van der Waals surface area contributed by atoms with E-state index in [1.165, 1.54) is 0 Å². The van der Waals surface area contributed by atoms with E-state index in [1.807, 2.05) is 0 Å². The lowest BCUT2D eigenvalue weighted by atomic mass is 9.91. The molecule has 0 amide bonds. The fraction of sp³-hybridized carbons (Fsp3) is 0.889. The number of carbonyl (C=O) groups is 1. The van der Waals surface area contributed by atoms with Crippen LogP contribution in [0.15, 0.2) is 0 Å². The van der Waals surface area contributed by atoms with Crippen molar-refractivity contribution in [3.8, 4) is 0 Å². The highest BCUT2D eigenvalue weighted by molar-refractivity contribution is 5.72. The molecule has 0 aromatic carbocycles. The molecule has 0 bridgehead atoms. The second kappa shape index (κ2) is 4.58. The molecule has 1 heterocycles. The first-order valence-corrected chi connectivity index (χ1v) is 4.78. The van der Waals surface area contributed by atoms with Gasteiger partial charge in [0.15, 0.2) is 6.10 Å². The Morgan fingerprint density at radius 2 is 2.08 bits per heavy atom. The molecule has 1 atom stereocenters. The Balaban J connectivity index is 2.36. The molecular formula is C9H17NO3. The van der Waals surface area contributed by atoms with Gasteiger partial charge in [0.05, 0.1) is 0 Å². The fourth-order valence-electron chi connectivity index (χ4n) is 1.79. The smallest absolute Gasteiger partial charge is 0.332 e. The zero-order valence-corrected chi connectivity index (χ0v) is 7.94. The Morgan fingerprint density at radius 1 is 1.54 bits per heavy atom. The van der Waals surface area contributed by atoms with Gasteiger partial charge in [0, 0.05) is 0 Å². The van der Waals surface area contributed by atoms with Crippen LogP contribution in [0.2, 0.25) is 0 Å². The molecule has 0 aliphatic carbocycles. The monoisotopic (exact) mass is 187 g/mol. The maximum Gasteiger partial charge on any atom is 0.332 e. The van der Waals surface area contributed by atoms with E-state index < -0.39 is 12.1 Å². The van der Waals surface area contributed by atoms with Gasteiger partial charge in [-0.05, 0) is 38.4 Å². The van der Waals surface area contributed by atoms with Crippen molar-refractivity contribution in [1.29, 1.82) is 0 Å². The number of aliphatic hydroxyl groups is 1. The number of hydrogen-bond acceptors (Lipinski definition) is 3. The van der Waals surface area contributed by atoms with Crippen molar-refractivity contribution in [1.82, 2.24) is 4.90 Å². The van der Waals surface area contributed by atoms with Gasteiger partial charge < -0.3 is 15.1 Å².